The minimum Gasteiger partial charge on any atom is -0.443 e. The second kappa shape index (κ2) is 11.7. The monoisotopic (exact) mass is 518 g/mol. The quantitative estimate of drug-likeness (QED) is 0.553. The van der Waals surface area contributed by atoms with Crippen LogP contribution in [0.15, 0.2) is 12.3 Å². The van der Waals surface area contributed by atoms with Crippen molar-refractivity contribution in [1.82, 2.24) is 25.6 Å². The van der Waals surface area contributed by atoms with E-state index in [2.05, 4.69) is 20.6 Å². The first-order chi connectivity index (χ1) is 17.6. The van der Waals surface area contributed by atoms with Gasteiger partial charge in [0.2, 0.25) is 11.8 Å². The Bertz CT molecular complexity index is 984. The normalized spacial score (nSPS) is 22.6. The largest absolute Gasteiger partial charge is 0.443 e. The van der Waals surface area contributed by atoms with E-state index in [0.717, 1.165) is 52.0 Å². The zero-order valence-electron chi connectivity index (χ0n) is 22.1. The van der Waals surface area contributed by atoms with Crippen molar-refractivity contribution in [2.24, 2.45) is 5.92 Å². The number of aromatic nitrogens is 1. The van der Waals surface area contributed by atoms with Gasteiger partial charge in [0.05, 0.1) is 23.5 Å². The molecule has 4 heterocycles. The molecule has 1 atom stereocenters. The lowest BCUT2D eigenvalue weighted by atomic mass is 9.94. The molecule has 37 heavy (non-hydrogen) atoms. The number of amides is 3. The molecule has 0 radical (unpaired) electrons. The van der Waals surface area contributed by atoms with Crippen molar-refractivity contribution < 1.29 is 23.5 Å². The molecule has 0 bridgehead atoms. The molecule has 1 aromatic rings. The SMILES string of the molecule is CC(C)(C)OC(=O)NN1CCC(CCN2CCN(c3cnc(C4CCC(=O)NC4=O)cc3F)CC2)CC1. The summed E-state index contributed by atoms with van der Waals surface area (Å²) in [7, 11) is 0. The first kappa shape index (κ1) is 27.3. The van der Waals surface area contributed by atoms with Crippen molar-refractivity contribution >= 4 is 23.6 Å². The standard InChI is InChI=1S/C26H39FN6O4/c1-26(2,3)37-25(36)30-33-10-7-18(8-11-33)6-9-31-12-14-32(15-13-31)22-17-28-21(16-20(22)27)19-4-5-23(34)29-24(19)35/h16-19H,4-15H2,1-3H3,(H,30,36)(H,29,34,35). The molecule has 4 rings (SSSR count). The predicted octanol–water partition coefficient (Wildman–Crippen LogP) is 2.40. The highest BCUT2D eigenvalue weighted by Crippen LogP contribution is 2.28. The highest BCUT2D eigenvalue weighted by molar-refractivity contribution is 6.00. The van der Waals surface area contributed by atoms with E-state index in [0.29, 0.717) is 36.8 Å². The fourth-order valence-corrected chi connectivity index (χ4v) is 5.18. The lowest BCUT2D eigenvalue weighted by Crippen LogP contribution is -2.49. The van der Waals surface area contributed by atoms with Gasteiger partial charge < -0.3 is 9.64 Å². The number of ether oxygens (including phenoxy) is 1. The molecule has 0 aromatic carbocycles. The first-order valence-corrected chi connectivity index (χ1v) is 13.3. The third-order valence-electron chi connectivity index (χ3n) is 7.28. The van der Waals surface area contributed by atoms with Gasteiger partial charge in [0, 0.05) is 45.7 Å². The van der Waals surface area contributed by atoms with Gasteiger partial charge in [-0.05, 0) is 65.0 Å². The fourth-order valence-electron chi connectivity index (χ4n) is 5.18. The van der Waals surface area contributed by atoms with Crippen LogP contribution in [0, 0.1) is 11.7 Å². The van der Waals surface area contributed by atoms with Gasteiger partial charge in [-0.1, -0.05) is 0 Å². The van der Waals surface area contributed by atoms with E-state index in [1.165, 1.54) is 12.3 Å². The van der Waals surface area contributed by atoms with Crippen LogP contribution in [-0.4, -0.2) is 84.2 Å². The second-order valence-electron chi connectivity index (χ2n) is 11.2. The van der Waals surface area contributed by atoms with Crippen molar-refractivity contribution in [3.63, 3.8) is 0 Å². The maximum atomic E-state index is 14.9. The van der Waals surface area contributed by atoms with E-state index >= 15 is 0 Å². The van der Waals surface area contributed by atoms with Gasteiger partial charge in [-0.3, -0.25) is 30.2 Å². The highest BCUT2D eigenvalue weighted by atomic mass is 19.1. The number of imide groups is 1. The summed E-state index contributed by atoms with van der Waals surface area (Å²) in [6.45, 7) is 11.3. The number of piperazine rings is 1. The summed E-state index contributed by atoms with van der Waals surface area (Å²) >= 11 is 0. The van der Waals surface area contributed by atoms with Gasteiger partial charge in [0.25, 0.3) is 0 Å². The molecule has 1 unspecified atom stereocenters. The molecule has 10 nitrogen and oxygen atoms in total. The Labute approximate surface area is 217 Å². The van der Waals surface area contributed by atoms with E-state index in [4.69, 9.17) is 4.74 Å². The third kappa shape index (κ3) is 7.61. The lowest BCUT2D eigenvalue weighted by molar-refractivity contribution is -0.134. The zero-order valence-corrected chi connectivity index (χ0v) is 22.1. The molecule has 0 spiro atoms. The number of hydrazine groups is 1. The molecule has 2 N–H and O–H groups in total. The van der Waals surface area contributed by atoms with Gasteiger partial charge in [0.15, 0.2) is 0 Å². The third-order valence-corrected chi connectivity index (χ3v) is 7.28. The van der Waals surface area contributed by atoms with Gasteiger partial charge in [-0.15, -0.1) is 0 Å². The summed E-state index contributed by atoms with van der Waals surface area (Å²) in [5, 5.41) is 4.24. The minimum absolute atomic E-state index is 0.242. The molecule has 3 aliphatic heterocycles. The fraction of sp³-hybridized carbons (Fsp3) is 0.692. The smallest absolute Gasteiger partial charge is 0.422 e. The molecule has 0 saturated carbocycles. The zero-order chi connectivity index (χ0) is 26.6. The number of carbonyl (C=O) groups excluding carboxylic acids is 3. The average molecular weight is 519 g/mol. The van der Waals surface area contributed by atoms with Gasteiger partial charge in [0.1, 0.15) is 11.4 Å². The number of hydrogen-bond donors (Lipinski definition) is 2. The topological polar surface area (TPSA) is 107 Å². The maximum absolute atomic E-state index is 14.9. The highest BCUT2D eigenvalue weighted by Gasteiger charge is 2.30. The van der Waals surface area contributed by atoms with Crippen molar-refractivity contribution in [2.75, 3.05) is 50.7 Å². The molecule has 3 fully saturated rings. The Balaban J connectivity index is 1.17. The second-order valence-corrected chi connectivity index (χ2v) is 11.2. The van der Waals surface area contributed by atoms with Crippen LogP contribution in [-0.2, 0) is 14.3 Å². The molecule has 3 saturated heterocycles. The van der Waals surface area contributed by atoms with E-state index in [9.17, 15) is 18.8 Å². The molecular formula is C26H39FN6O4. The number of nitrogens with one attached hydrogen (secondary N) is 2. The van der Waals surface area contributed by atoms with Gasteiger partial charge in [-0.25, -0.2) is 14.2 Å². The summed E-state index contributed by atoms with van der Waals surface area (Å²) in [4.78, 5) is 44.2. The van der Waals surface area contributed by atoms with E-state index < -0.39 is 23.5 Å². The van der Waals surface area contributed by atoms with Crippen molar-refractivity contribution in [3.05, 3.63) is 23.8 Å². The maximum Gasteiger partial charge on any atom is 0.422 e. The number of carbonyl (C=O) groups is 3. The van der Waals surface area contributed by atoms with Crippen LogP contribution in [0.2, 0.25) is 0 Å². The molecule has 204 valence electrons. The molecule has 0 aliphatic carbocycles. The van der Waals surface area contributed by atoms with E-state index in [-0.39, 0.29) is 18.1 Å². The van der Waals surface area contributed by atoms with Gasteiger partial charge >= 0.3 is 6.09 Å². The number of piperidine rings is 2. The predicted molar refractivity (Wildman–Crippen MR) is 136 cm³/mol. The number of anilines is 1. The van der Waals surface area contributed by atoms with Crippen LogP contribution in [0.1, 0.15) is 64.5 Å². The first-order valence-electron chi connectivity index (χ1n) is 13.3. The summed E-state index contributed by atoms with van der Waals surface area (Å²) in [5.74, 6) is -1.05. The van der Waals surface area contributed by atoms with Crippen molar-refractivity contribution in [3.8, 4) is 0 Å². The van der Waals surface area contributed by atoms with Crippen molar-refractivity contribution in [1.29, 1.82) is 0 Å². The molecule has 3 aliphatic rings. The van der Waals surface area contributed by atoms with Crippen LogP contribution in [0.3, 0.4) is 0 Å². The summed E-state index contributed by atoms with van der Waals surface area (Å²) in [6.07, 6.45) is 4.89. The van der Waals surface area contributed by atoms with Crippen molar-refractivity contribution in [2.45, 2.75) is 64.4 Å². The average Bonchev–Trinajstić information content (AvgIpc) is 2.83. The van der Waals surface area contributed by atoms with Crippen LogP contribution in [0.25, 0.3) is 0 Å². The number of hydrogen-bond acceptors (Lipinski definition) is 8. The molecular weight excluding hydrogens is 479 g/mol. The minimum atomic E-state index is -0.585. The summed E-state index contributed by atoms with van der Waals surface area (Å²) < 4.78 is 20.3. The van der Waals surface area contributed by atoms with E-state index in [1.54, 1.807) is 0 Å². The Hall–Kier alpha value is -2.79. The lowest BCUT2D eigenvalue weighted by Gasteiger charge is -2.37. The summed E-state index contributed by atoms with van der Waals surface area (Å²) in [5.41, 5.74) is 3.16. The number of pyridine rings is 1. The molecule has 3 amide bonds. The Morgan fingerprint density at radius 2 is 1.84 bits per heavy atom. The molecule has 11 heteroatoms. The Kier molecular flexibility index (Phi) is 8.63. The Morgan fingerprint density at radius 1 is 1.14 bits per heavy atom. The Morgan fingerprint density at radius 3 is 2.46 bits per heavy atom. The van der Waals surface area contributed by atoms with Crippen LogP contribution in [0.5, 0.6) is 0 Å². The number of rotatable bonds is 6. The van der Waals surface area contributed by atoms with Crippen LogP contribution >= 0.6 is 0 Å². The van der Waals surface area contributed by atoms with Gasteiger partial charge in [-0.2, -0.15) is 0 Å². The summed E-state index contributed by atoms with van der Waals surface area (Å²) in [6, 6.07) is 1.34. The van der Waals surface area contributed by atoms with Crippen LogP contribution in [0.4, 0.5) is 14.9 Å². The number of halogens is 1. The number of nitrogens with zero attached hydrogens (tertiary/aromatic N) is 4. The van der Waals surface area contributed by atoms with Crippen LogP contribution < -0.4 is 15.6 Å². The van der Waals surface area contributed by atoms with E-state index in [1.807, 2.05) is 30.7 Å². The molecule has 1 aromatic heterocycles.